The van der Waals surface area contributed by atoms with Gasteiger partial charge in [-0.25, -0.2) is 0 Å². The second kappa shape index (κ2) is 9.44. The molecule has 0 radical (unpaired) electrons. The summed E-state index contributed by atoms with van der Waals surface area (Å²) < 4.78 is 1.42. The number of aliphatic hydroxyl groups is 1. The highest BCUT2D eigenvalue weighted by atomic mass is 32.2. The number of benzene rings is 1. The van der Waals surface area contributed by atoms with Gasteiger partial charge >= 0.3 is 0 Å². The summed E-state index contributed by atoms with van der Waals surface area (Å²) in [5, 5.41) is 13.2. The van der Waals surface area contributed by atoms with Crippen LogP contribution in [0.2, 0.25) is 0 Å². The molecule has 5 nitrogen and oxygen atoms in total. The average Bonchev–Trinajstić information content (AvgIpc) is 2.56. The van der Waals surface area contributed by atoms with Crippen molar-refractivity contribution in [3.8, 4) is 0 Å². The van der Waals surface area contributed by atoms with Gasteiger partial charge in [-0.3, -0.25) is 9.59 Å². The number of nitrogens with one attached hydrogen (secondary N) is 1. The van der Waals surface area contributed by atoms with Crippen LogP contribution in [0.5, 0.6) is 0 Å². The molecule has 1 heterocycles. The van der Waals surface area contributed by atoms with Crippen LogP contribution in [0.1, 0.15) is 19.4 Å². The Labute approximate surface area is 152 Å². The van der Waals surface area contributed by atoms with Gasteiger partial charge in [0.1, 0.15) is 0 Å². The van der Waals surface area contributed by atoms with Gasteiger partial charge in [-0.2, -0.15) is 0 Å². The van der Waals surface area contributed by atoms with E-state index >= 15 is 0 Å². The third-order valence-corrected chi connectivity index (χ3v) is 4.52. The summed E-state index contributed by atoms with van der Waals surface area (Å²) in [6, 6.07) is 12.8. The highest BCUT2D eigenvalue weighted by molar-refractivity contribution is 7.99. The van der Waals surface area contributed by atoms with E-state index < -0.39 is 6.10 Å². The summed E-state index contributed by atoms with van der Waals surface area (Å²) in [5.74, 6) is -0.149. The molecule has 1 atom stereocenters. The van der Waals surface area contributed by atoms with Crippen molar-refractivity contribution >= 4 is 17.7 Å². The second-order valence-corrected chi connectivity index (χ2v) is 7.79. The van der Waals surface area contributed by atoms with Gasteiger partial charge in [0, 0.05) is 29.0 Å². The molecule has 0 spiro atoms. The Balaban J connectivity index is 1.78. The zero-order valence-electron chi connectivity index (χ0n) is 14.5. The summed E-state index contributed by atoms with van der Waals surface area (Å²) in [7, 11) is 0. The SMILES string of the molecule is CC(C)Sc1ccc(CC(=O)NC[C@H](O)Cn2ccccc2=O)cc1. The smallest absolute Gasteiger partial charge is 0.250 e. The van der Waals surface area contributed by atoms with Crippen molar-refractivity contribution < 1.29 is 9.90 Å². The van der Waals surface area contributed by atoms with Crippen molar-refractivity contribution in [2.24, 2.45) is 0 Å². The zero-order chi connectivity index (χ0) is 18.2. The quantitative estimate of drug-likeness (QED) is 0.707. The first-order valence-corrected chi connectivity index (χ1v) is 9.18. The van der Waals surface area contributed by atoms with Crippen LogP contribution in [0.3, 0.4) is 0 Å². The molecule has 0 aliphatic heterocycles. The van der Waals surface area contributed by atoms with E-state index in [1.165, 1.54) is 15.5 Å². The molecule has 0 saturated carbocycles. The van der Waals surface area contributed by atoms with E-state index in [9.17, 15) is 14.7 Å². The Kier molecular flexibility index (Phi) is 7.28. The number of amides is 1. The summed E-state index contributed by atoms with van der Waals surface area (Å²) in [4.78, 5) is 24.8. The first-order chi connectivity index (χ1) is 11.9. The van der Waals surface area contributed by atoms with Crippen LogP contribution >= 0.6 is 11.8 Å². The van der Waals surface area contributed by atoms with Crippen molar-refractivity contribution in [2.75, 3.05) is 6.54 Å². The number of aromatic nitrogens is 1. The van der Waals surface area contributed by atoms with Crippen LogP contribution in [-0.2, 0) is 17.8 Å². The molecule has 6 heteroatoms. The number of carbonyl (C=O) groups is 1. The van der Waals surface area contributed by atoms with E-state index in [4.69, 9.17) is 0 Å². The molecular weight excluding hydrogens is 336 g/mol. The van der Waals surface area contributed by atoms with E-state index in [1.807, 2.05) is 24.3 Å². The Hall–Kier alpha value is -2.05. The van der Waals surface area contributed by atoms with E-state index in [0.717, 1.165) is 5.56 Å². The lowest BCUT2D eigenvalue weighted by atomic mass is 10.1. The number of carbonyl (C=O) groups excluding carboxylic acids is 1. The molecule has 0 fully saturated rings. The molecule has 2 N–H and O–H groups in total. The predicted octanol–water partition coefficient (Wildman–Crippen LogP) is 2.07. The lowest BCUT2D eigenvalue weighted by Gasteiger charge is -2.13. The molecule has 25 heavy (non-hydrogen) atoms. The highest BCUT2D eigenvalue weighted by Crippen LogP contribution is 2.22. The standard InChI is InChI=1S/C19H24N2O3S/c1-14(2)25-17-8-6-15(7-9-17)11-18(23)20-12-16(22)13-21-10-4-3-5-19(21)24/h3-10,14,16,22H,11-13H2,1-2H3,(H,20,23)/t16-/m0/s1. The van der Waals surface area contributed by atoms with Crippen molar-refractivity contribution in [3.05, 3.63) is 64.6 Å². The molecule has 2 rings (SSSR count). The fourth-order valence-corrected chi connectivity index (χ4v) is 3.18. The minimum atomic E-state index is -0.811. The fraction of sp³-hybridized carbons (Fsp3) is 0.368. The maximum atomic E-state index is 12.0. The molecule has 2 aromatic rings. The van der Waals surface area contributed by atoms with Crippen LogP contribution in [-0.4, -0.2) is 33.5 Å². The van der Waals surface area contributed by atoms with Gasteiger partial charge in [-0.15, -0.1) is 11.8 Å². The predicted molar refractivity (Wildman–Crippen MR) is 101 cm³/mol. The minimum Gasteiger partial charge on any atom is -0.389 e. The van der Waals surface area contributed by atoms with Crippen LogP contribution in [0.15, 0.2) is 58.4 Å². The van der Waals surface area contributed by atoms with Gasteiger partial charge in [-0.05, 0) is 23.8 Å². The van der Waals surface area contributed by atoms with Crippen LogP contribution in [0.4, 0.5) is 0 Å². The highest BCUT2D eigenvalue weighted by Gasteiger charge is 2.09. The van der Waals surface area contributed by atoms with Crippen LogP contribution in [0.25, 0.3) is 0 Å². The first kappa shape index (κ1) is 19.3. The second-order valence-electron chi connectivity index (χ2n) is 6.14. The fourth-order valence-electron chi connectivity index (χ4n) is 2.34. The Morgan fingerprint density at radius 2 is 1.92 bits per heavy atom. The maximum absolute atomic E-state index is 12.0. The average molecular weight is 360 g/mol. The van der Waals surface area contributed by atoms with Gasteiger partial charge < -0.3 is 15.0 Å². The third-order valence-electron chi connectivity index (χ3n) is 3.50. The number of hydrogen-bond donors (Lipinski definition) is 2. The third kappa shape index (κ3) is 6.76. The normalized spacial score (nSPS) is 12.2. The monoisotopic (exact) mass is 360 g/mol. The van der Waals surface area contributed by atoms with Crippen LogP contribution in [0, 0.1) is 0 Å². The van der Waals surface area contributed by atoms with E-state index in [-0.39, 0.29) is 31.0 Å². The zero-order valence-corrected chi connectivity index (χ0v) is 15.3. The molecule has 134 valence electrons. The van der Waals surface area contributed by atoms with Crippen LogP contribution < -0.4 is 10.9 Å². The largest absolute Gasteiger partial charge is 0.389 e. The summed E-state index contributed by atoms with van der Waals surface area (Å²) in [6.07, 6.45) is 1.07. The Morgan fingerprint density at radius 3 is 2.56 bits per heavy atom. The van der Waals surface area contributed by atoms with Crippen molar-refractivity contribution in [2.45, 2.75) is 43.1 Å². The molecule has 1 amide bonds. The number of rotatable bonds is 8. The molecular formula is C19H24N2O3S. The van der Waals surface area contributed by atoms with Gasteiger partial charge in [0.05, 0.1) is 19.1 Å². The Bertz CT molecular complexity index is 741. The first-order valence-electron chi connectivity index (χ1n) is 8.30. The molecule has 0 bridgehead atoms. The summed E-state index contributed by atoms with van der Waals surface area (Å²) >= 11 is 1.78. The van der Waals surface area contributed by atoms with Crippen molar-refractivity contribution in [1.82, 2.24) is 9.88 Å². The summed E-state index contributed by atoms with van der Waals surface area (Å²) in [6.45, 7) is 4.55. The molecule has 0 aliphatic carbocycles. The topological polar surface area (TPSA) is 71.3 Å². The van der Waals surface area contributed by atoms with Crippen molar-refractivity contribution in [3.63, 3.8) is 0 Å². The molecule has 1 aromatic carbocycles. The molecule has 1 aromatic heterocycles. The number of thioether (sulfide) groups is 1. The number of aliphatic hydroxyl groups excluding tert-OH is 1. The summed E-state index contributed by atoms with van der Waals surface area (Å²) in [5.41, 5.74) is 0.756. The molecule has 0 unspecified atom stereocenters. The minimum absolute atomic E-state index is 0.113. The lowest BCUT2D eigenvalue weighted by molar-refractivity contribution is -0.120. The van der Waals surface area contributed by atoms with E-state index in [0.29, 0.717) is 5.25 Å². The Morgan fingerprint density at radius 1 is 1.20 bits per heavy atom. The van der Waals surface area contributed by atoms with E-state index in [2.05, 4.69) is 19.2 Å². The van der Waals surface area contributed by atoms with Gasteiger partial charge in [0.2, 0.25) is 5.91 Å². The van der Waals surface area contributed by atoms with E-state index in [1.54, 1.807) is 30.1 Å². The number of nitrogens with zero attached hydrogens (tertiary/aromatic N) is 1. The number of pyridine rings is 1. The molecule has 0 saturated heterocycles. The van der Waals surface area contributed by atoms with Gasteiger partial charge in [0.15, 0.2) is 0 Å². The van der Waals surface area contributed by atoms with Gasteiger partial charge in [-0.1, -0.05) is 32.0 Å². The molecule has 0 aliphatic rings. The van der Waals surface area contributed by atoms with Gasteiger partial charge in [0.25, 0.3) is 5.56 Å². The van der Waals surface area contributed by atoms with Crippen molar-refractivity contribution in [1.29, 1.82) is 0 Å². The maximum Gasteiger partial charge on any atom is 0.250 e. The lowest BCUT2D eigenvalue weighted by Crippen LogP contribution is -2.37. The number of hydrogen-bond acceptors (Lipinski definition) is 4.